The second-order valence-corrected chi connectivity index (χ2v) is 4.70. The normalized spacial score (nSPS) is 16.4. The molecule has 92 valence electrons. The summed E-state index contributed by atoms with van der Waals surface area (Å²) in [5.41, 5.74) is 0. The molecular weight excluding hydrogens is 212 g/mol. The van der Waals surface area contributed by atoms with Crippen molar-refractivity contribution >= 4 is 11.7 Å². The van der Waals surface area contributed by atoms with Crippen LogP contribution < -0.4 is 4.90 Å². The SMILES string of the molecule is CC(C)C(=N)N1CCN(c2ccccn2)CC1. The zero-order valence-electron chi connectivity index (χ0n) is 10.6. The van der Waals surface area contributed by atoms with Gasteiger partial charge in [0.1, 0.15) is 5.82 Å². The van der Waals surface area contributed by atoms with E-state index in [9.17, 15) is 0 Å². The fourth-order valence-corrected chi connectivity index (χ4v) is 2.08. The van der Waals surface area contributed by atoms with E-state index in [2.05, 4.69) is 28.6 Å². The Bertz CT molecular complexity index is 366. The van der Waals surface area contributed by atoms with Crippen molar-refractivity contribution in [2.45, 2.75) is 13.8 Å². The monoisotopic (exact) mass is 232 g/mol. The Hall–Kier alpha value is -1.58. The minimum absolute atomic E-state index is 0.316. The first-order chi connectivity index (χ1) is 8.18. The summed E-state index contributed by atoms with van der Waals surface area (Å²) in [4.78, 5) is 8.81. The third-order valence-electron chi connectivity index (χ3n) is 3.14. The molecule has 0 aromatic carbocycles. The van der Waals surface area contributed by atoms with Crippen LogP contribution in [0.1, 0.15) is 13.8 Å². The zero-order valence-corrected chi connectivity index (χ0v) is 10.6. The van der Waals surface area contributed by atoms with Crippen LogP contribution in [0.2, 0.25) is 0 Å². The van der Waals surface area contributed by atoms with Crippen LogP contribution in [0.4, 0.5) is 5.82 Å². The Balaban J connectivity index is 1.93. The van der Waals surface area contributed by atoms with E-state index in [1.54, 1.807) is 0 Å². The van der Waals surface area contributed by atoms with Crippen LogP contribution in [0.5, 0.6) is 0 Å². The molecule has 0 aliphatic carbocycles. The molecule has 4 nitrogen and oxygen atoms in total. The van der Waals surface area contributed by atoms with Gasteiger partial charge in [-0.05, 0) is 12.1 Å². The van der Waals surface area contributed by atoms with Gasteiger partial charge >= 0.3 is 0 Å². The molecule has 17 heavy (non-hydrogen) atoms. The standard InChI is InChI=1S/C13H20N4/c1-11(2)13(14)17-9-7-16(8-10-17)12-5-3-4-6-15-12/h3-6,11,14H,7-10H2,1-2H3. The van der Waals surface area contributed by atoms with Gasteiger partial charge in [0.2, 0.25) is 0 Å². The number of hydrogen-bond donors (Lipinski definition) is 1. The third kappa shape index (κ3) is 2.75. The Kier molecular flexibility index (Phi) is 3.61. The highest BCUT2D eigenvalue weighted by Gasteiger charge is 2.20. The topological polar surface area (TPSA) is 43.2 Å². The van der Waals surface area contributed by atoms with Crippen molar-refractivity contribution in [3.63, 3.8) is 0 Å². The van der Waals surface area contributed by atoms with E-state index in [4.69, 9.17) is 5.41 Å². The van der Waals surface area contributed by atoms with Crippen molar-refractivity contribution in [3.8, 4) is 0 Å². The van der Waals surface area contributed by atoms with Crippen LogP contribution in [0.15, 0.2) is 24.4 Å². The van der Waals surface area contributed by atoms with Gasteiger partial charge in [0.05, 0.1) is 5.84 Å². The minimum atomic E-state index is 0.316. The summed E-state index contributed by atoms with van der Waals surface area (Å²) in [7, 11) is 0. The average Bonchev–Trinajstić information content (AvgIpc) is 2.39. The molecule has 1 fully saturated rings. The second-order valence-electron chi connectivity index (χ2n) is 4.70. The van der Waals surface area contributed by atoms with Gasteiger partial charge in [-0.2, -0.15) is 0 Å². The Morgan fingerprint density at radius 1 is 1.24 bits per heavy atom. The van der Waals surface area contributed by atoms with Crippen LogP contribution in [-0.4, -0.2) is 41.9 Å². The maximum absolute atomic E-state index is 8.00. The summed E-state index contributed by atoms with van der Waals surface area (Å²) in [5, 5.41) is 8.00. The van der Waals surface area contributed by atoms with Crippen LogP contribution in [0.25, 0.3) is 0 Å². The molecule has 2 heterocycles. The van der Waals surface area contributed by atoms with Gasteiger partial charge < -0.3 is 9.80 Å². The molecule has 0 bridgehead atoms. The molecule has 0 atom stereocenters. The summed E-state index contributed by atoms with van der Waals surface area (Å²) in [6.07, 6.45) is 1.83. The number of nitrogens with zero attached hydrogens (tertiary/aromatic N) is 3. The van der Waals surface area contributed by atoms with E-state index in [-0.39, 0.29) is 0 Å². The van der Waals surface area contributed by atoms with Gasteiger partial charge in [0.15, 0.2) is 0 Å². The number of rotatable bonds is 2. The molecule has 0 saturated carbocycles. The van der Waals surface area contributed by atoms with E-state index in [0.717, 1.165) is 37.8 Å². The highest BCUT2D eigenvalue weighted by atomic mass is 15.3. The van der Waals surface area contributed by atoms with Crippen molar-refractivity contribution in [2.75, 3.05) is 31.1 Å². The van der Waals surface area contributed by atoms with Crippen LogP contribution in [0.3, 0.4) is 0 Å². The van der Waals surface area contributed by atoms with E-state index < -0.39 is 0 Å². The lowest BCUT2D eigenvalue weighted by Gasteiger charge is -2.37. The number of amidine groups is 1. The third-order valence-corrected chi connectivity index (χ3v) is 3.14. The second kappa shape index (κ2) is 5.17. The van der Waals surface area contributed by atoms with Gasteiger partial charge in [0.25, 0.3) is 0 Å². The Morgan fingerprint density at radius 2 is 1.94 bits per heavy atom. The lowest BCUT2D eigenvalue weighted by atomic mass is 10.1. The molecule has 0 spiro atoms. The fraction of sp³-hybridized carbons (Fsp3) is 0.538. The molecule has 0 radical (unpaired) electrons. The smallest absolute Gasteiger partial charge is 0.128 e. The van der Waals surface area contributed by atoms with Crippen molar-refractivity contribution in [1.82, 2.24) is 9.88 Å². The first-order valence-corrected chi connectivity index (χ1v) is 6.18. The quantitative estimate of drug-likeness (QED) is 0.625. The number of nitrogens with one attached hydrogen (secondary N) is 1. The van der Waals surface area contributed by atoms with Gasteiger partial charge in [-0.3, -0.25) is 5.41 Å². The predicted octanol–water partition coefficient (Wildman–Crippen LogP) is 1.84. The van der Waals surface area contributed by atoms with E-state index in [0.29, 0.717) is 5.92 Å². The molecule has 1 aromatic heterocycles. The minimum Gasteiger partial charge on any atom is -0.357 e. The first kappa shape index (κ1) is 11.9. The Labute approximate surface area is 103 Å². The zero-order chi connectivity index (χ0) is 12.3. The average molecular weight is 232 g/mol. The molecule has 0 amide bonds. The fourth-order valence-electron chi connectivity index (χ4n) is 2.08. The molecule has 1 aliphatic rings. The van der Waals surface area contributed by atoms with Gasteiger partial charge in [-0.15, -0.1) is 0 Å². The van der Waals surface area contributed by atoms with Gasteiger partial charge in [-0.25, -0.2) is 4.98 Å². The number of aromatic nitrogens is 1. The van der Waals surface area contributed by atoms with Crippen LogP contribution >= 0.6 is 0 Å². The van der Waals surface area contributed by atoms with Crippen molar-refractivity contribution in [2.24, 2.45) is 5.92 Å². The first-order valence-electron chi connectivity index (χ1n) is 6.18. The summed E-state index contributed by atoms with van der Waals surface area (Å²) >= 11 is 0. The van der Waals surface area contributed by atoms with Crippen LogP contribution in [-0.2, 0) is 0 Å². The molecular formula is C13H20N4. The van der Waals surface area contributed by atoms with E-state index >= 15 is 0 Å². The van der Waals surface area contributed by atoms with Gasteiger partial charge in [-0.1, -0.05) is 19.9 Å². The number of anilines is 1. The highest BCUT2D eigenvalue weighted by molar-refractivity contribution is 5.81. The van der Waals surface area contributed by atoms with E-state index in [1.807, 2.05) is 24.4 Å². The molecule has 2 rings (SSSR count). The van der Waals surface area contributed by atoms with Crippen molar-refractivity contribution in [3.05, 3.63) is 24.4 Å². The molecule has 1 N–H and O–H groups in total. The molecule has 1 saturated heterocycles. The summed E-state index contributed by atoms with van der Waals surface area (Å²) in [6, 6.07) is 6.00. The summed E-state index contributed by atoms with van der Waals surface area (Å²) < 4.78 is 0. The maximum atomic E-state index is 8.00. The van der Waals surface area contributed by atoms with Gasteiger partial charge in [0, 0.05) is 38.3 Å². The predicted molar refractivity (Wildman–Crippen MR) is 70.6 cm³/mol. The molecule has 1 aromatic rings. The molecule has 1 aliphatic heterocycles. The summed E-state index contributed by atoms with van der Waals surface area (Å²) in [6.45, 7) is 7.90. The number of hydrogen-bond acceptors (Lipinski definition) is 3. The van der Waals surface area contributed by atoms with Crippen molar-refractivity contribution in [1.29, 1.82) is 5.41 Å². The number of piperazine rings is 1. The summed E-state index contributed by atoms with van der Waals surface area (Å²) in [5.74, 6) is 2.12. The largest absolute Gasteiger partial charge is 0.357 e. The highest BCUT2D eigenvalue weighted by Crippen LogP contribution is 2.13. The van der Waals surface area contributed by atoms with Crippen LogP contribution in [0, 0.1) is 11.3 Å². The number of pyridine rings is 1. The molecule has 4 heteroatoms. The maximum Gasteiger partial charge on any atom is 0.128 e. The lowest BCUT2D eigenvalue weighted by Crippen LogP contribution is -2.49. The van der Waals surface area contributed by atoms with E-state index in [1.165, 1.54) is 0 Å². The van der Waals surface area contributed by atoms with Crippen molar-refractivity contribution < 1.29 is 0 Å². The molecule has 0 unspecified atom stereocenters. The Morgan fingerprint density at radius 3 is 2.47 bits per heavy atom. The lowest BCUT2D eigenvalue weighted by molar-refractivity contribution is 0.367.